The fourth-order valence-electron chi connectivity index (χ4n) is 13.1. The largest absolute Gasteiger partial charge is 1.00 e. The number of esters is 2. The normalized spacial score (nSPS) is 13.0. The highest BCUT2D eigenvalue weighted by molar-refractivity contribution is 6.85. The minimum absolute atomic E-state index is 0. The zero-order valence-corrected chi connectivity index (χ0v) is 80.2. The molecule has 0 fully saturated rings. The van der Waals surface area contributed by atoms with Gasteiger partial charge in [0.15, 0.2) is 33.3 Å². The molecule has 0 saturated carbocycles. The Morgan fingerprint density at radius 3 is 0.903 bits per heavy atom. The monoisotopic (exact) mass is 1730 g/mol. The van der Waals surface area contributed by atoms with Crippen LogP contribution < -0.4 is 45.7 Å². The van der Waals surface area contributed by atoms with Crippen molar-refractivity contribution in [3.8, 4) is 0 Å². The first-order chi connectivity index (χ1) is 52.9. The van der Waals surface area contributed by atoms with Crippen LogP contribution in [0.25, 0.3) is 0 Å². The van der Waals surface area contributed by atoms with Gasteiger partial charge in [-0.3, -0.25) is 19.4 Å². The van der Waals surface area contributed by atoms with E-state index >= 15 is 0 Å². The molecule has 0 bridgehead atoms. The maximum Gasteiger partial charge on any atom is 0.320 e. The maximum absolute atomic E-state index is 12.5. The van der Waals surface area contributed by atoms with Gasteiger partial charge in [-0.2, -0.15) is 0 Å². The summed E-state index contributed by atoms with van der Waals surface area (Å²) in [6.07, 6.45) is 36.8. The first-order valence-corrected chi connectivity index (χ1v) is 57.0. The molecule has 0 aromatic carbocycles. The summed E-state index contributed by atoms with van der Waals surface area (Å²) in [7, 11) is -7.15. The molecular weight excluding hydrogens is 1550 g/mol. The van der Waals surface area contributed by atoms with Crippen molar-refractivity contribution in [2.24, 2.45) is 0 Å². The fourth-order valence-corrected chi connectivity index (χ4v) is 30.7. The van der Waals surface area contributed by atoms with E-state index in [2.05, 4.69) is 101 Å². The second kappa shape index (κ2) is 84.3. The molecule has 0 aromatic heterocycles. The minimum atomic E-state index is -1.80. The highest BCUT2D eigenvalue weighted by atomic mass is 35.5. The van der Waals surface area contributed by atoms with Gasteiger partial charge in [0.05, 0.1) is 77.1 Å². The number of unbranched alkanes of at least 4 members (excludes halogenated alkanes) is 24. The smallest absolute Gasteiger partial charge is 0.320 e. The number of likely N-dealkylation sites (N-methyl/N-ethyl adjacent to an activating group) is 2. The lowest BCUT2D eigenvalue weighted by molar-refractivity contribution is -0.307. The lowest BCUT2D eigenvalue weighted by Gasteiger charge is -2.34. The van der Waals surface area contributed by atoms with Crippen LogP contribution in [0.3, 0.4) is 0 Å². The third-order valence-electron chi connectivity index (χ3n) is 19.2. The van der Waals surface area contributed by atoms with Crippen molar-refractivity contribution in [2.75, 3.05) is 145 Å². The van der Waals surface area contributed by atoms with Gasteiger partial charge in [-0.05, 0) is 233 Å². The molecule has 23 nitrogen and oxygen atoms in total. The van der Waals surface area contributed by atoms with E-state index in [-0.39, 0.29) is 89.1 Å². The number of halogens is 2. The fraction of sp³-hybridized carbons (Fsp3) is 0.952. The van der Waals surface area contributed by atoms with Crippen molar-refractivity contribution in [3.63, 3.8) is 0 Å². The second-order valence-corrected chi connectivity index (χ2v) is 51.0. The lowest BCUT2D eigenvalue weighted by Crippen LogP contribution is -3.00. The molecule has 4 unspecified atom stereocenters. The first kappa shape index (κ1) is 120. The average Bonchev–Trinajstić information content (AvgIpc) is 0.874. The first-order valence-electron chi connectivity index (χ1n) is 44.5. The third-order valence-corrected chi connectivity index (χ3v) is 34.3. The molecule has 0 heterocycles. The Kier molecular flexibility index (Phi) is 89.8. The number of aliphatic hydroxyl groups excluding tert-OH is 4. The molecule has 29 heteroatoms. The molecule has 0 aliphatic heterocycles. The molecule has 0 amide bonds. The number of nitrogens with one attached hydrogen (secondary N) is 2. The standard InChI is InChI=1S/C60H130N4O15Si4.2C12H24O2.2ClH/c1-13-63(35-23-19-15-17-21-31-61-33-29-57(67)53-74-39-27-47-82(9,10)78-80(5,6)45-25-37-72-51-55(3)65)49-59(69)76-43-41-71-42-44-77-60(70)50-64(14-2)36-24-20-16-18-22-32-62-34-30-58(68)54-75-40-28-48-83(11,12)79-81(7,8)46-26-38-73-52-56(4)66;2*1-2-3-4-5-6-7-8-9-10-11-12(13)14;;/h55-58,61-62,65-68H,13-54H2,1-12H3;2*2-11H2,1H3,(H,13,14);2*1H/p-4. The van der Waals surface area contributed by atoms with Gasteiger partial charge < -0.3 is 117 Å². The van der Waals surface area contributed by atoms with Gasteiger partial charge >= 0.3 is 11.9 Å². The second-order valence-electron chi connectivity index (χ2n) is 33.3. The quantitative estimate of drug-likeness (QED) is 0.0192. The van der Waals surface area contributed by atoms with Gasteiger partial charge in [-0.25, -0.2) is 0 Å². The molecule has 6 N–H and O–H groups in total. The van der Waals surface area contributed by atoms with E-state index in [1.54, 1.807) is 13.8 Å². The molecule has 0 aliphatic rings. The van der Waals surface area contributed by atoms with Crippen molar-refractivity contribution < 1.29 is 116 Å². The summed E-state index contributed by atoms with van der Waals surface area (Å²) >= 11 is 0. The topological polar surface area (TPSA) is 309 Å². The van der Waals surface area contributed by atoms with Gasteiger partial charge in [0, 0.05) is 38.4 Å². The Morgan fingerprint density at radius 1 is 0.345 bits per heavy atom. The van der Waals surface area contributed by atoms with E-state index < -0.39 is 69.6 Å². The number of ether oxygens (including phenoxy) is 7. The Hall–Kier alpha value is -1.27. The molecule has 0 rings (SSSR count). The minimum Gasteiger partial charge on any atom is -1.00 e. The van der Waals surface area contributed by atoms with Crippen molar-refractivity contribution in [3.05, 3.63) is 0 Å². The van der Waals surface area contributed by atoms with Crippen molar-refractivity contribution in [1.82, 2.24) is 20.4 Å². The molecular formula is C84H176Cl2N4O19Si4-4. The van der Waals surface area contributed by atoms with Crippen LogP contribution in [0.4, 0.5) is 0 Å². The van der Waals surface area contributed by atoms with Gasteiger partial charge in [0.1, 0.15) is 13.2 Å². The van der Waals surface area contributed by atoms with Gasteiger partial charge in [-0.1, -0.05) is 169 Å². The highest BCUT2D eigenvalue weighted by Crippen LogP contribution is 2.26. The van der Waals surface area contributed by atoms with E-state index in [1.165, 1.54) is 89.9 Å². The van der Waals surface area contributed by atoms with Gasteiger partial charge in [-0.15, -0.1) is 0 Å². The summed E-state index contributed by atoms with van der Waals surface area (Å²) in [5.41, 5.74) is 0. The molecule has 0 saturated heterocycles. The van der Waals surface area contributed by atoms with Gasteiger partial charge in [0.25, 0.3) is 0 Å². The van der Waals surface area contributed by atoms with Crippen LogP contribution in [-0.4, -0.2) is 257 Å². The number of hydrogen-bond donors (Lipinski definition) is 6. The lowest BCUT2D eigenvalue weighted by atomic mass is 10.1. The Morgan fingerprint density at radius 2 is 0.619 bits per heavy atom. The van der Waals surface area contributed by atoms with E-state index in [9.17, 15) is 49.8 Å². The number of nitrogens with zero attached hydrogens (tertiary/aromatic N) is 2. The zero-order valence-electron chi connectivity index (χ0n) is 74.7. The van der Waals surface area contributed by atoms with Crippen molar-refractivity contribution >= 4 is 57.1 Å². The van der Waals surface area contributed by atoms with Crippen LogP contribution in [0.1, 0.15) is 273 Å². The molecule has 0 aromatic rings. The molecule has 0 aliphatic carbocycles. The average molecular weight is 1730 g/mol. The van der Waals surface area contributed by atoms with Crippen LogP contribution in [0.5, 0.6) is 0 Å². The van der Waals surface area contributed by atoms with Gasteiger partial charge in [0.2, 0.25) is 0 Å². The van der Waals surface area contributed by atoms with Crippen LogP contribution in [0.15, 0.2) is 0 Å². The molecule has 0 radical (unpaired) electrons. The molecule has 4 atom stereocenters. The van der Waals surface area contributed by atoms with E-state index in [0.29, 0.717) is 65.7 Å². The summed E-state index contributed by atoms with van der Waals surface area (Å²) in [4.78, 5) is 49.4. The Labute approximate surface area is 707 Å². The zero-order chi connectivity index (χ0) is 83.4. The number of carbonyl (C=O) groups excluding carboxylic acids is 4. The summed E-state index contributed by atoms with van der Waals surface area (Å²) in [6, 6.07) is 4.18. The predicted octanol–water partition coefficient (Wildman–Crippen LogP) is 7.88. The summed E-state index contributed by atoms with van der Waals surface area (Å²) < 4.78 is 52.4. The number of carbonyl (C=O) groups is 4. The SMILES string of the molecule is CCCCCCCCCCCC(=O)[O-].CCCCCCCCCCCC(=O)[O-].CCN(CCCCCCCNCCC(O)COCCC[Si](C)(C)O[Si](C)(C)CCCOCC(C)O)CC(=O)OCCOCCOC(=O)CN(CC)CCCCCCCNCCC(O)COCCC[Si](C)(C)O[Si](C)(C)CCCOCC(C)O.[Cl-].[Cl-]. The number of carboxylic acid groups (broad SMARTS) is 2. The van der Waals surface area contributed by atoms with E-state index in [4.69, 9.17) is 41.4 Å². The number of aliphatic hydroxyl groups is 4. The third kappa shape index (κ3) is 96.1. The van der Waals surface area contributed by atoms with Crippen molar-refractivity contribution in [1.29, 1.82) is 0 Å². The predicted molar refractivity (Wildman–Crippen MR) is 460 cm³/mol. The summed E-state index contributed by atoms with van der Waals surface area (Å²) in [6.45, 7) is 42.4. The van der Waals surface area contributed by atoms with E-state index in [1.807, 2.05) is 0 Å². The molecule has 113 heavy (non-hydrogen) atoms. The van der Waals surface area contributed by atoms with Crippen molar-refractivity contribution in [2.45, 2.75) is 374 Å². The highest BCUT2D eigenvalue weighted by Gasteiger charge is 2.34. The summed E-state index contributed by atoms with van der Waals surface area (Å²) in [5, 5.41) is 66.6. The van der Waals surface area contributed by atoms with Crippen LogP contribution in [-0.2, 0) is 60.6 Å². The molecule has 680 valence electrons. The Balaban J connectivity index is -0.00000108. The maximum atomic E-state index is 12.5. The number of carboxylic acids is 2. The van der Waals surface area contributed by atoms with Crippen LogP contribution >= 0.6 is 0 Å². The Bertz CT molecular complexity index is 1940. The van der Waals surface area contributed by atoms with Crippen LogP contribution in [0.2, 0.25) is 76.6 Å². The number of hydrogen-bond acceptors (Lipinski definition) is 23. The molecule has 0 spiro atoms. The summed E-state index contributed by atoms with van der Waals surface area (Å²) in [5.74, 6) is -2.34. The van der Waals surface area contributed by atoms with E-state index in [0.717, 1.165) is 192 Å². The number of rotatable bonds is 82. The number of aliphatic carboxylic acids is 2. The van der Waals surface area contributed by atoms with Crippen LogP contribution in [0, 0.1) is 0 Å².